The zero-order chi connectivity index (χ0) is 34.2. The summed E-state index contributed by atoms with van der Waals surface area (Å²) in [7, 11) is 0. The second-order valence-corrected chi connectivity index (χ2v) is 14.3. The molecule has 0 unspecified atom stereocenters. The van der Waals surface area contributed by atoms with Gasteiger partial charge < -0.3 is 13.7 Å². The predicted molar refractivity (Wildman–Crippen MR) is 219 cm³/mol. The van der Waals surface area contributed by atoms with Crippen molar-refractivity contribution in [3.63, 3.8) is 0 Å². The number of benzene rings is 8. The molecule has 3 nitrogen and oxygen atoms in total. The van der Waals surface area contributed by atoms with Crippen LogP contribution in [0, 0.1) is 0 Å². The summed E-state index contributed by atoms with van der Waals surface area (Å²) >= 11 is 1.86. The molecule has 11 aromatic rings. The van der Waals surface area contributed by atoms with E-state index in [9.17, 15) is 0 Å². The fourth-order valence-electron chi connectivity index (χ4n) is 7.86. The number of rotatable bonds is 5. The molecule has 3 aromatic heterocycles. The number of hydrogen-bond donors (Lipinski definition) is 0. The molecule has 244 valence electrons. The molecule has 11 rings (SSSR count). The topological polar surface area (TPSA) is 29.5 Å². The predicted octanol–water partition coefficient (Wildman–Crippen LogP) is 14.7. The zero-order valence-electron chi connectivity index (χ0n) is 27.9. The summed E-state index contributed by atoms with van der Waals surface area (Å²) in [5.41, 5.74) is 11.2. The molecule has 0 aliphatic heterocycles. The summed E-state index contributed by atoms with van der Waals surface area (Å²) < 4.78 is 15.5. The lowest BCUT2D eigenvalue weighted by Gasteiger charge is -2.28. The molecule has 0 N–H and O–H groups in total. The first kappa shape index (κ1) is 29.1. The second kappa shape index (κ2) is 11.5. The van der Waals surface area contributed by atoms with Gasteiger partial charge in [0.2, 0.25) is 0 Å². The minimum atomic E-state index is 0.848. The molecule has 0 saturated carbocycles. The Labute approximate surface area is 303 Å². The van der Waals surface area contributed by atoms with Crippen molar-refractivity contribution < 1.29 is 8.83 Å². The van der Waals surface area contributed by atoms with Gasteiger partial charge in [0.05, 0.1) is 5.69 Å². The highest BCUT2D eigenvalue weighted by molar-refractivity contribution is 7.26. The normalized spacial score (nSPS) is 11.8. The molecule has 3 heterocycles. The highest BCUT2D eigenvalue weighted by atomic mass is 32.1. The molecule has 0 spiro atoms. The van der Waals surface area contributed by atoms with Gasteiger partial charge >= 0.3 is 0 Å². The van der Waals surface area contributed by atoms with Gasteiger partial charge in [-0.1, -0.05) is 115 Å². The Morgan fingerprint density at radius 2 is 0.942 bits per heavy atom. The molecule has 0 saturated heterocycles. The number of furan rings is 2. The van der Waals surface area contributed by atoms with Crippen molar-refractivity contribution in [2.45, 2.75) is 0 Å². The molecule has 0 bridgehead atoms. The van der Waals surface area contributed by atoms with Gasteiger partial charge in [0.15, 0.2) is 0 Å². The van der Waals surface area contributed by atoms with Crippen molar-refractivity contribution in [1.29, 1.82) is 0 Å². The monoisotopic (exact) mass is 683 g/mol. The van der Waals surface area contributed by atoms with E-state index in [0.29, 0.717) is 0 Å². The molecule has 0 aliphatic carbocycles. The third-order valence-electron chi connectivity index (χ3n) is 10.3. The van der Waals surface area contributed by atoms with Crippen LogP contribution in [0.1, 0.15) is 0 Å². The standard InChI is InChI=1S/C48H29NO2S/c1-2-11-30(12-3-1)34-24-21-31(35-16-10-17-41-40-15-6-9-20-47(40)52-48(35)41)27-42(34)49(32-22-25-38-36-13-4-7-18-43(36)50-45(38)28-32)33-23-26-39-37-14-5-8-19-44(37)51-46(39)29-33/h1-29H. The first-order chi connectivity index (χ1) is 25.8. The average Bonchev–Trinajstić information content (AvgIpc) is 3.89. The third kappa shape index (κ3) is 4.51. The van der Waals surface area contributed by atoms with E-state index < -0.39 is 0 Å². The first-order valence-electron chi connectivity index (χ1n) is 17.5. The number of nitrogens with zero attached hydrogens (tertiary/aromatic N) is 1. The van der Waals surface area contributed by atoms with Gasteiger partial charge in [0.1, 0.15) is 22.3 Å². The highest BCUT2D eigenvalue weighted by Crippen LogP contribution is 2.47. The summed E-state index contributed by atoms with van der Waals surface area (Å²) in [6.45, 7) is 0. The number of anilines is 3. The summed E-state index contributed by atoms with van der Waals surface area (Å²) in [5, 5.41) is 7.01. The lowest BCUT2D eigenvalue weighted by molar-refractivity contribution is 0.669. The van der Waals surface area contributed by atoms with Gasteiger partial charge in [-0.2, -0.15) is 0 Å². The molecule has 0 radical (unpaired) electrons. The summed E-state index contributed by atoms with van der Waals surface area (Å²) in [5.74, 6) is 0. The van der Waals surface area contributed by atoms with E-state index in [4.69, 9.17) is 8.83 Å². The molecule has 8 aromatic carbocycles. The summed E-state index contributed by atoms with van der Waals surface area (Å²) in [6.07, 6.45) is 0. The maximum absolute atomic E-state index is 6.47. The molecular formula is C48H29NO2S. The Hall–Kier alpha value is -6.62. The minimum absolute atomic E-state index is 0.848. The lowest BCUT2D eigenvalue weighted by atomic mass is 9.96. The van der Waals surface area contributed by atoms with Crippen molar-refractivity contribution in [2.24, 2.45) is 0 Å². The molecular weight excluding hydrogens is 655 g/mol. The van der Waals surface area contributed by atoms with Crippen molar-refractivity contribution >= 4 is 92.4 Å². The SMILES string of the molecule is c1ccc(-c2ccc(-c3cccc4c3sc3ccccc34)cc2N(c2ccc3c(c2)oc2ccccc23)c2ccc3c(c2)oc2ccccc23)cc1. The Morgan fingerprint density at radius 3 is 1.63 bits per heavy atom. The van der Waals surface area contributed by atoms with Crippen LogP contribution in [0.15, 0.2) is 185 Å². The summed E-state index contributed by atoms with van der Waals surface area (Å²) in [4.78, 5) is 2.36. The third-order valence-corrected chi connectivity index (χ3v) is 11.5. The van der Waals surface area contributed by atoms with Crippen molar-refractivity contribution in [2.75, 3.05) is 4.90 Å². The number of para-hydroxylation sites is 2. The van der Waals surface area contributed by atoms with Gasteiger partial charge in [-0.3, -0.25) is 0 Å². The van der Waals surface area contributed by atoms with E-state index in [-0.39, 0.29) is 0 Å². The Bertz CT molecular complexity index is 3030. The van der Waals surface area contributed by atoms with Crippen LogP contribution in [0.25, 0.3) is 86.3 Å². The van der Waals surface area contributed by atoms with Crippen molar-refractivity contribution in [3.8, 4) is 22.3 Å². The summed E-state index contributed by atoms with van der Waals surface area (Å²) in [6, 6.07) is 62.6. The molecule has 0 amide bonds. The van der Waals surface area contributed by atoms with Crippen molar-refractivity contribution in [1.82, 2.24) is 0 Å². The number of thiophene rings is 1. The van der Waals surface area contributed by atoms with Crippen LogP contribution in [0.4, 0.5) is 17.1 Å². The van der Waals surface area contributed by atoms with E-state index in [1.165, 1.54) is 25.7 Å². The van der Waals surface area contributed by atoms with Gasteiger partial charge in [0, 0.05) is 70.8 Å². The molecule has 52 heavy (non-hydrogen) atoms. The van der Waals surface area contributed by atoms with E-state index in [1.54, 1.807) is 0 Å². The Morgan fingerprint density at radius 1 is 0.365 bits per heavy atom. The maximum Gasteiger partial charge on any atom is 0.137 e. The minimum Gasteiger partial charge on any atom is -0.456 e. The molecule has 0 atom stereocenters. The largest absolute Gasteiger partial charge is 0.456 e. The Kier molecular flexibility index (Phi) is 6.42. The fourth-order valence-corrected chi connectivity index (χ4v) is 9.09. The average molecular weight is 684 g/mol. The van der Waals surface area contributed by atoms with Crippen LogP contribution in [0.5, 0.6) is 0 Å². The van der Waals surface area contributed by atoms with Crippen molar-refractivity contribution in [3.05, 3.63) is 176 Å². The number of fused-ring (bicyclic) bond motifs is 9. The second-order valence-electron chi connectivity index (χ2n) is 13.3. The number of hydrogen-bond acceptors (Lipinski definition) is 4. The quantitative estimate of drug-likeness (QED) is 0.181. The lowest BCUT2D eigenvalue weighted by Crippen LogP contribution is -2.11. The maximum atomic E-state index is 6.47. The molecule has 4 heteroatoms. The highest BCUT2D eigenvalue weighted by Gasteiger charge is 2.22. The van der Waals surface area contributed by atoms with Gasteiger partial charge in [-0.05, 0) is 65.2 Å². The van der Waals surface area contributed by atoms with Gasteiger partial charge in [-0.15, -0.1) is 11.3 Å². The van der Waals surface area contributed by atoms with Gasteiger partial charge in [0.25, 0.3) is 0 Å². The Balaban J connectivity index is 1.20. The smallest absolute Gasteiger partial charge is 0.137 e. The molecule has 0 fully saturated rings. The van der Waals surface area contributed by atoms with Crippen LogP contribution in [0.3, 0.4) is 0 Å². The molecule has 0 aliphatic rings. The van der Waals surface area contributed by atoms with Crippen LogP contribution >= 0.6 is 11.3 Å². The van der Waals surface area contributed by atoms with E-state index in [1.807, 2.05) is 35.6 Å². The van der Waals surface area contributed by atoms with Gasteiger partial charge in [-0.25, -0.2) is 0 Å². The van der Waals surface area contributed by atoms with E-state index >= 15 is 0 Å². The fraction of sp³-hybridized carbons (Fsp3) is 0. The van der Waals surface area contributed by atoms with E-state index in [0.717, 1.165) is 77.6 Å². The first-order valence-corrected chi connectivity index (χ1v) is 18.3. The zero-order valence-corrected chi connectivity index (χ0v) is 28.7. The van der Waals surface area contributed by atoms with Crippen LogP contribution in [-0.2, 0) is 0 Å². The van der Waals surface area contributed by atoms with Crippen LogP contribution < -0.4 is 4.90 Å². The van der Waals surface area contributed by atoms with E-state index in [2.05, 4.69) is 157 Å². The van der Waals surface area contributed by atoms with Crippen LogP contribution in [0.2, 0.25) is 0 Å². The van der Waals surface area contributed by atoms with Crippen LogP contribution in [-0.4, -0.2) is 0 Å².